The van der Waals surface area contributed by atoms with Crippen LogP contribution in [0.1, 0.15) is 38.8 Å². The molecule has 0 saturated heterocycles. The minimum absolute atomic E-state index is 0.000765. The maximum absolute atomic E-state index is 13.6. The monoisotopic (exact) mass is 562 g/mol. The Hall–Kier alpha value is -3.35. The molecule has 0 fully saturated rings. The number of hydrogen-bond donors (Lipinski definition) is 4. The zero-order valence-corrected chi connectivity index (χ0v) is 23.5. The second kappa shape index (κ2) is 14.7. The van der Waals surface area contributed by atoms with E-state index in [1.54, 1.807) is 13.8 Å². The second-order valence-corrected chi connectivity index (χ2v) is 12.1. The molecular formula is C27H38N4O7S. The van der Waals surface area contributed by atoms with Crippen LogP contribution in [0.4, 0.5) is 4.79 Å². The van der Waals surface area contributed by atoms with E-state index >= 15 is 0 Å². The van der Waals surface area contributed by atoms with Crippen molar-refractivity contribution in [1.82, 2.24) is 14.9 Å². The molecule has 2 aromatic carbocycles. The lowest BCUT2D eigenvalue weighted by Gasteiger charge is -2.32. The molecule has 11 nitrogen and oxygen atoms in total. The van der Waals surface area contributed by atoms with Gasteiger partial charge in [0.15, 0.2) is 0 Å². The first-order valence-electron chi connectivity index (χ1n) is 12.7. The lowest BCUT2D eigenvalue weighted by Crippen LogP contribution is -2.56. The number of nitroso groups, excluding NO2 is 1. The molecule has 3 atom stereocenters. The van der Waals surface area contributed by atoms with Gasteiger partial charge in [-0.3, -0.25) is 4.79 Å². The Morgan fingerprint density at radius 2 is 1.54 bits per heavy atom. The van der Waals surface area contributed by atoms with Gasteiger partial charge in [-0.05, 0) is 41.5 Å². The highest BCUT2D eigenvalue weighted by atomic mass is 32.2. The van der Waals surface area contributed by atoms with Crippen LogP contribution in [0.15, 0.2) is 64.7 Å². The number of carbonyl (C=O) groups is 2. The van der Waals surface area contributed by atoms with Crippen LogP contribution >= 0.6 is 0 Å². The van der Waals surface area contributed by atoms with Crippen LogP contribution in [0.2, 0.25) is 0 Å². The SMILES string of the molecule is CC(C)CN(C[C@@H](O)[C@H](Cc1ccccc1)NC(=O)[C@H](NC(=O)O)C(C)C)S(=O)(=O)c1ccc(CN=O)cc1. The minimum Gasteiger partial charge on any atom is -0.465 e. The number of carbonyl (C=O) groups excluding carboxylic acids is 1. The number of sulfonamides is 1. The van der Waals surface area contributed by atoms with Crippen molar-refractivity contribution in [1.29, 1.82) is 0 Å². The molecule has 39 heavy (non-hydrogen) atoms. The van der Waals surface area contributed by atoms with Crippen molar-refractivity contribution in [2.45, 2.75) is 63.7 Å². The predicted molar refractivity (Wildman–Crippen MR) is 147 cm³/mol. The Morgan fingerprint density at radius 1 is 0.923 bits per heavy atom. The summed E-state index contributed by atoms with van der Waals surface area (Å²) in [5.74, 6) is -1.06. The normalized spacial score (nSPS) is 14.2. The molecule has 2 amide bonds. The number of rotatable bonds is 15. The van der Waals surface area contributed by atoms with Gasteiger partial charge in [-0.2, -0.15) is 9.21 Å². The number of carboxylic acid groups (broad SMARTS) is 1. The fourth-order valence-electron chi connectivity index (χ4n) is 4.10. The van der Waals surface area contributed by atoms with Crippen molar-refractivity contribution in [3.05, 3.63) is 70.6 Å². The van der Waals surface area contributed by atoms with Crippen molar-refractivity contribution in [2.75, 3.05) is 13.1 Å². The summed E-state index contributed by atoms with van der Waals surface area (Å²) in [4.78, 5) is 34.9. The summed E-state index contributed by atoms with van der Waals surface area (Å²) >= 11 is 0. The van der Waals surface area contributed by atoms with Gasteiger partial charge in [0.2, 0.25) is 15.9 Å². The van der Waals surface area contributed by atoms with Crippen molar-refractivity contribution in [2.24, 2.45) is 17.0 Å². The zero-order chi connectivity index (χ0) is 29.2. The second-order valence-electron chi connectivity index (χ2n) is 10.2. The Labute approximate surface area is 229 Å². The molecule has 0 radical (unpaired) electrons. The minimum atomic E-state index is -4.04. The number of nitrogens with one attached hydrogen (secondary N) is 2. The summed E-state index contributed by atoms with van der Waals surface area (Å²) in [5.41, 5.74) is 1.37. The molecule has 0 heterocycles. The lowest BCUT2D eigenvalue weighted by molar-refractivity contribution is -0.125. The van der Waals surface area contributed by atoms with Gasteiger partial charge >= 0.3 is 6.09 Å². The van der Waals surface area contributed by atoms with Crippen LogP contribution in [-0.2, 0) is 27.8 Å². The number of aliphatic hydroxyl groups excluding tert-OH is 1. The Kier molecular flexibility index (Phi) is 12.0. The van der Waals surface area contributed by atoms with Crippen LogP contribution < -0.4 is 10.6 Å². The molecule has 2 aromatic rings. The third kappa shape index (κ3) is 9.72. The van der Waals surface area contributed by atoms with Gasteiger partial charge < -0.3 is 20.8 Å². The first-order valence-corrected chi connectivity index (χ1v) is 14.2. The molecule has 0 spiro atoms. The number of nitrogens with zero attached hydrogens (tertiary/aromatic N) is 2. The van der Waals surface area contributed by atoms with Gasteiger partial charge in [-0.25, -0.2) is 13.2 Å². The number of aliphatic hydroxyl groups is 1. The van der Waals surface area contributed by atoms with Crippen molar-refractivity contribution in [3.63, 3.8) is 0 Å². The molecular weight excluding hydrogens is 524 g/mol. The smallest absolute Gasteiger partial charge is 0.405 e. The first kappa shape index (κ1) is 31.9. The maximum Gasteiger partial charge on any atom is 0.405 e. The van der Waals surface area contributed by atoms with Crippen LogP contribution in [0.3, 0.4) is 0 Å². The van der Waals surface area contributed by atoms with Gasteiger partial charge in [0.25, 0.3) is 0 Å². The molecule has 2 rings (SSSR count). The molecule has 0 aliphatic rings. The quantitative estimate of drug-likeness (QED) is 0.242. The van der Waals surface area contributed by atoms with Crippen LogP contribution in [0.5, 0.6) is 0 Å². The average Bonchev–Trinajstić information content (AvgIpc) is 2.87. The highest BCUT2D eigenvalue weighted by molar-refractivity contribution is 7.89. The van der Waals surface area contributed by atoms with Crippen LogP contribution in [0.25, 0.3) is 0 Å². The number of benzene rings is 2. The van der Waals surface area contributed by atoms with Gasteiger partial charge in [0.05, 0.1) is 17.0 Å². The van der Waals surface area contributed by atoms with E-state index in [0.717, 1.165) is 5.56 Å². The lowest BCUT2D eigenvalue weighted by atomic mass is 9.98. The predicted octanol–water partition coefficient (Wildman–Crippen LogP) is 2.98. The van der Waals surface area contributed by atoms with E-state index in [-0.39, 0.29) is 42.8 Å². The molecule has 0 bridgehead atoms. The molecule has 0 aliphatic heterocycles. The molecule has 0 saturated carbocycles. The fourth-order valence-corrected chi connectivity index (χ4v) is 5.72. The summed E-state index contributed by atoms with van der Waals surface area (Å²) in [7, 11) is -4.04. The molecule has 0 aromatic heterocycles. The van der Waals surface area contributed by atoms with E-state index in [2.05, 4.69) is 15.8 Å². The van der Waals surface area contributed by atoms with E-state index in [0.29, 0.717) is 5.56 Å². The van der Waals surface area contributed by atoms with Crippen LogP contribution in [0, 0.1) is 16.7 Å². The summed E-state index contributed by atoms with van der Waals surface area (Å²) in [5, 5.41) is 28.3. The van der Waals surface area contributed by atoms with E-state index < -0.39 is 40.2 Å². The average molecular weight is 563 g/mol. The number of hydrogen-bond acceptors (Lipinski definition) is 7. The molecule has 0 unspecified atom stereocenters. The Balaban J connectivity index is 2.37. The van der Waals surface area contributed by atoms with Gasteiger partial charge in [0, 0.05) is 13.1 Å². The van der Waals surface area contributed by atoms with E-state index in [1.165, 1.54) is 28.6 Å². The molecule has 12 heteroatoms. The summed E-state index contributed by atoms with van der Waals surface area (Å²) in [6.07, 6.45) is -2.48. The number of amides is 2. The van der Waals surface area contributed by atoms with Gasteiger partial charge in [-0.15, -0.1) is 0 Å². The zero-order valence-electron chi connectivity index (χ0n) is 22.6. The van der Waals surface area contributed by atoms with Crippen LogP contribution in [-0.4, -0.2) is 66.2 Å². The standard InChI is InChI=1S/C27H38N4O7S/c1-18(2)16-31(39(37,38)22-12-10-21(11-13-22)15-28-36)17-24(32)23(14-20-8-6-5-7-9-20)29-26(33)25(19(3)4)30-27(34)35/h5-13,18-19,23-25,30,32H,14-17H2,1-4H3,(H,29,33)(H,34,35)/t23-,24+,25+/m0/s1. The highest BCUT2D eigenvalue weighted by Crippen LogP contribution is 2.20. The highest BCUT2D eigenvalue weighted by Gasteiger charge is 2.33. The first-order chi connectivity index (χ1) is 18.3. The van der Waals surface area contributed by atoms with Crippen molar-refractivity contribution < 1.29 is 28.2 Å². The maximum atomic E-state index is 13.6. The van der Waals surface area contributed by atoms with Gasteiger partial charge in [-0.1, -0.05) is 75.3 Å². The molecule has 4 N–H and O–H groups in total. The topological polar surface area (TPSA) is 165 Å². The van der Waals surface area contributed by atoms with Gasteiger partial charge in [0.1, 0.15) is 12.6 Å². The third-order valence-corrected chi connectivity index (χ3v) is 7.93. The Bertz CT molecular complexity index is 1190. The Morgan fingerprint density at radius 3 is 2.05 bits per heavy atom. The third-order valence-electron chi connectivity index (χ3n) is 6.09. The van der Waals surface area contributed by atoms with E-state index in [9.17, 15) is 33.1 Å². The summed E-state index contributed by atoms with van der Waals surface area (Å²) in [6.45, 7) is 6.80. The van der Waals surface area contributed by atoms with E-state index in [1.807, 2.05) is 44.2 Å². The van der Waals surface area contributed by atoms with E-state index in [4.69, 9.17) is 0 Å². The molecule has 0 aliphatic carbocycles. The fraction of sp³-hybridized carbons (Fsp3) is 0.481. The summed E-state index contributed by atoms with van der Waals surface area (Å²) < 4.78 is 28.3. The van der Waals surface area contributed by atoms with Crippen molar-refractivity contribution in [3.8, 4) is 0 Å². The largest absolute Gasteiger partial charge is 0.465 e. The summed E-state index contributed by atoms with van der Waals surface area (Å²) in [6, 6.07) is 12.9. The molecule has 214 valence electrons. The van der Waals surface area contributed by atoms with Crippen molar-refractivity contribution >= 4 is 22.0 Å².